The third kappa shape index (κ3) is 3.74. The molecule has 0 aromatic carbocycles. The van der Waals surface area contributed by atoms with Crippen LogP contribution in [-0.2, 0) is 6.54 Å². The van der Waals surface area contributed by atoms with Gasteiger partial charge in [-0.25, -0.2) is 4.79 Å². The van der Waals surface area contributed by atoms with E-state index >= 15 is 0 Å². The Morgan fingerprint density at radius 1 is 1.41 bits per heavy atom. The van der Waals surface area contributed by atoms with Gasteiger partial charge < -0.3 is 15.5 Å². The summed E-state index contributed by atoms with van der Waals surface area (Å²) < 4.78 is 1.93. The molecular weight excluding hydrogens is 218 g/mol. The van der Waals surface area contributed by atoms with E-state index in [0.717, 1.165) is 45.7 Å². The number of aryl methyl sites for hydroxylation is 1. The van der Waals surface area contributed by atoms with Gasteiger partial charge in [0.1, 0.15) is 0 Å². The van der Waals surface area contributed by atoms with Crippen molar-refractivity contribution in [3.63, 3.8) is 0 Å². The average Bonchev–Trinajstić information content (AvgIpc) is 2.95. The van der Waals surface area contributed by atoms with Crippen molar-refractivity contribution in [1.29, 1.82) is 0 Å². The van der Waals surface area contributed by atoms with Crippen LogP contribution >= 0.6 is 0 Å². The molecule has 6 heteroatoms. The number of carbonyl (C=O) groups excluding carboxylic acids is 1. The van der Waals surface area contributed by atoms with Crippen LogP contribution in [0.1, 0.15) is 6.42 Å². The lowest BCUT2D eigenvalue weighted by Crippen LogP contribution is -2.35. The molecule has 6 nitrogen and oxygen atoms in total. The molecule has 0 unspecified atom stereocenters. The highest BCUT2D eigenvalue weighted by molar-refractivity contribution is 5.76. The van der Waals surface area contributed by atoms with Gasteiger partial charge >= 0.3 is 6.03 Å². The second-order valence-electron chi connectivity index (χ2n) is 4.09. The van der Waals surface area contributed by atoms with Crippen molar-refractivity contribution < 1.29 is 4.79 Å². The van der Waals surface area contributed by atoms with Gasteiger partial charge in [0.25, 0.3) is 0 Å². The molecule has 0 bridgehead atoms. The lowest BCUT2D eigenvalue weighted by molar-refractivity contribution is 0.217. The van der Waals surface area contributed by atoms with E-state index < -0.39 is 0 Å². The van der Waals surface area contributed by atoms with Gasteiger partial charge in [-0.05, 0) is 19.0 Å². The summed E-state index contributed by atoms with van der Waals surface area (Å²) in [4.78, 5) is 13.1. The van der Waals surface area contributed by atoms with Crippen LogP contribution in [0.15, 0.2) is 18.5 Å². The Morgan fingerprint density at radius 2 is 2.35 bits per heavy atom. The summed E-state index contributed by atoms with van der Waals surface area (Å²) in [5.74, 6) is 0. The Kier molecular flexibility index (Phi) is 4.37. The van der Waals surface area contributed by atoms with Crippen LogP contribution in [0.4, 0.5) is 4.79 Å². The fraction of sp³-hybridized carbons (Fsp3) is 0.636. The molecule has 0 atom stereocenters. The van der Waals surface area contributed by atoms with Gasteiger partial charge in [0, 0.05) is 45.1 Å². The fourth-order valence-corrected chi connectivity index (χ4v) is 1.86. The molecule has 0 spiro atoms. The molecule has 2 rings (SSSR count). The van der Waals surface area contributed by atoms with Gasteiger partial charge in [-0.15, -0.1) is 0 Å². The van der Waals surface area contributed by atoms with Crippen LogP contribution in [0, 0.1) is 0 Å². The summed E-state index contributed by atoms with van der Waals surface area (Å²) in [6.45, 7) is 5.13. The first-order chi connectivity index (χ1) is 8.36. The number of nitrogens with zero attached hydrogens (tertiary/aromatic N) is 3. The molecule has 94 valence electrons. The molecule has 1 aliphatic rings. The first-order valence-electron chi connectivity index (χ1n) is 6.07. The number of urea groups is 1. The Bertz CT molecular complexity index is 338. The number of hydrogen-bond donors (Lipinski definition) is 2. The Balaban J connectivity index is 1.48. The highest BCUT2D eigenvalue weighted by Gasteiger charge is 2.17. The van der Waals surface area contributed by atoms with Crippen molar-refractivity contribution in [2.75, 3.05) is 32.7 Å². The van der Waals surface area contributed by atoms with Gasteiger partial charge in [0.2, 0.25) is 0 Å². The molecule has 1 fully saturated rings. The summed E-state index contributed by atoms with van der Waals surface area (Å²) in [6.07, 6.45) is 4.81. The van der Waals surface area contributed by atoms with E-state index in [1.807, 2.05) is 21.8 Å². The minimum atomic E-state index is 0.0586. The minimum absolute atomic E-state index is 0.0586. The molecule has 1 aliphatic heterocycles. The topological polar surface area (TPSA) is 62.2 Å². The molecule has 1 aromatic heterocycles. The predicted octanol–water partition coefficient (Wildman–Crippen LogP) is -0.112. The molecule has 2 heterocycles. The summed E-state index contributed by atoms with van der Waals surface area (Å²) in [6, 6.07) is 1.99. The van der Waals surface area contributed by atoms with E-state index in [1.165, 1.54) is 0 Å². The number of aromatic nitrogens is 2. The molecule has 0 aliphatic carbocycles. The van der Waals surface area contributed by atoms with Crippen LogP contribution < -0.4 is 10.6 Å². The summed E-state index contributed by atoms with van der Waals surface area (Å²) >= 11 is 0. The number of amides is 2. The standard InChI is InChI=1S/C11H19N5O/c17-11-13-6-10-15(11)9-5-12-3-1-7-16-8-2-4-14-16/h2,4,8,12H,1,3,5-7,9-10H2,(H,13,17). The Labute approximate surface area is 101 Å². The maximum Gasteiger partial charge on any atom is 0.317 e. The zero-order chi connectivity index (χ0) is 11.9. The molecule has 17 heavy (non-hydrogen) atoms. The van der Waals surface area contributed by atoms with Gasteiger partial charge in [-0.2, -0.15) is 5.10 Å². The third-order valence-corrected chi connectivity index (χ3v) is 2.80. The van der Waals surface area contributed by atoms with Crippen LogP contribution in [0.5, 0.6) is 0 Å². The minimum Gasteiger partial charge on any atom is -0.336 e. The summed E-state index contributed by atoms with van der Waals surface area (Å²) in [5, 5.41) is 10.3. The number of rotatable bonds is 7. The van der Waals surface area contributed by atoms with Crippen LogP contribution in [0.3, 0.4) is 0 Å². The van der Waals surface area contributed by atoms with E-state index in [0.29, 0.717) is 0 Å². The van der Waals surface area contributed by atoms with Crippen molar-refractivity contribution in [2.45, 2.75) is 13.0 Å². The number of nitrogens with one attached hydrogen (secondary N) is 2. The first-order valence-corrected chi connectivity index (χ1v) is 6.07. The quantitative estimate of drug-likeness (QED) is 0.650. The lowest BCUT2D eigenvalue weighted by atomic mass is 10.4. The predicted molar refractivity (Wildman–Crippen MR) is 64.7 cm³/mol. The fourth-order valence-electron chi connectivity index (χ4n) is 1.86. The third-order valence-electron chi connectivity index (χ3n) is 2.80. The van der Waals surface area contributed by atoms with Gasteiger partial charge in [0.05, 0.1) is 0 Å². The summed E-state index contributed by atoms with van der Waals surface area (Å²) in [5.41, 5.74) is 0. The van der Waals surface area contributed by atoms with Crippen molar-refractivity contribution in [1.82, 2.24) is 25.3 Å². The van der Waals surface area contributed by atoms with Crippen LogP contribution in [0.2, 0.25) is 0 Å². The van der Waals surface area contributed by atoms with Crippen molar-refractivity contribution in [3.05, 3.63) is 18.5 Å². The van der Waals surface area contributed by atoms with Gasteiger partial charge in [0.15, 0.2) is 0 Å². The van der Waals surface area contributed by atoms with Gasteiger partial charge in [-0.1, -0.05) is 0 Å². The molecule has 1 aromatic rings. The smallest absolute Gasteiger partial charge is 0.317 e. The van der Waals surface area contributed by atoms with Crippen molar-refractivity contribution in [3.8, 4) is 0 Å². The van der Waals surface area contributed by atoms with Crippen molar-refractivity contribution in [2.24, 2.45) is 0 Å². The zero-order valence-electron chi connectivity index (χ0n) is 9.93. The molecule has 0 saturated carbocycles. The highest BCUT2D eigenvalue weighted by atomic mass is 16.2. The monoisotopic (exact) mass is 237 g/mol. The molecular formula is C11H19N5O. The Morgan fingerprint density at radius 3 is 3.06 bits per heavy atom. The van der Waals surface area contributed by atoms with Crippen LogP contribution in [0.25, 0.3) is 0 Å². The van der Waals surface area contributed by atoms with E-state index in [9.17, 15) is 4.79 Å². The van der Waals surface area contributed by atoms with Gasteiger partial charge in [-0.3, -0.25) is 4.68 Å². The lowest BCUT2D eigenvalue weighted by Gasteiger charge is -2.14. The van der Waals surface area contributed by atoms with E-state index in [2.05, 4.69) is 15.7 Å². The molecule has 2 amide bonds. The van der Waals surface area contributed by atoms with Crippen LogP contribution in [-0.4, -0.2) is 53.4 Å². The normalized spacial score (nSPS) is 15.3. The Hall–Kier alpha value is -1.56. The second-order valence-corrected chi connectivity index (χ2v) is 4.09. The van der Waals surface area contributed by atoms with E-state index in [-0.39, 0.29) is 6.03 Å². The maximum absolute atomic E-state index is 11.2. The molecule has 2 N–H and O–H groups in total. The van der Waals surface area contributed by atoms with Crippen molar-refractivity contribution >= 4 is 6.03 Å². The highest BCUT2D eigenvalue weighted by Crippen LogP contribution is 1.94. The molecule has 0 radical (unpaired) electrons. The maximum atomic E-state index is 11.2. The second kappa shape index (κ2) is 6.24. The zero-order valence-corrected chi connectivity index (χ0v) is 9.93. The summed E-state index contributed by atoms with van der Waals surface area (Å²) in [7, 11) is 0. The SMILES string of the molecule is O=C1NCCN1CCNCCCn1cccn1. The largest absolute Gasteiger partial charge is 0.336 e. The number of carbonyl (C=O) groups is 1. The molecule has 1 saturated heterocycles. The van der Waals surface area contributed by atoms with E-state index in [4.69, 9.17) is 0 Å². The van der Waals surface area contributed by atoms with E-state index in [1.54, 1.807) is 6.20 Å². The first kappa shape index (κ1) is 11.9. The average molecular weight is 237 g/mol. The number of hydrogen-bond acceptors (Lipinski definition) is 3.